The Hall–Kier alpha value is -2.42. The van der Waals surface area contributed by atoms with Gasteiger partial charge < -0.3 is 16.3 Å². The minimum absolute atomic E-state index is 0. The van der Waals surface area contributed by atoms with Gasteiger partial charge in [-0.3, -0.25) is 9.08 Å². The zero-order valence-corrected chi connectivity index (χ0v) is 22.4. The Kier molecular flexibility index (Phi) is 10.9. The van der Waals surface area contributed by atoms with Gasteiger partial charge in [0.05, 0.1) is 6.61 Å². The van der Waals surface area contributed by atoms with E-state index in [0.717, 1.165) is 12.1 Å². The van der Waals surface area contributed by atoms with Crippen LogP contribution in [0.3, 0.4) is 0 Å². The summed E-state index contributed by atoms with van der Waals surface area (Å²) in [6.07, 6.45) is 0.174. The predicted octanol–water partition coefficient (Wildman–Crippen LogP) is 1.22. The monoisotopic (exact) mass is 561 g/mol. The van der Waals surface area contributed by atoms with Crippen LogP contribution in [0.25, 0.3) is 0 Å². The molecular weight excluding hydrogens is 530 g/mol. The molecule has 11 nitrogen and oxygen atoms in total. The fourth-order valence-electron chi connectivity index (χ4n) is 3.61. The van der Waals surface area contributed by atoms with Gasteiger partial charge >= 0.3 is 0 Å². The first-order chi connectivity index (χ1) is 16.6. The van der Waals surface area contributed by atoms with E-state index in [-0.39, 0.29) is 60.9 Å². The highest BCUT2D eigenvalue weighted by molar-refractivity contribution is 7.91. The zero-order valence-electron chi connectivity index (χ0n) is 19.9. The standard InChI is InChI=1S/C22H31N5O6S2.ClH/c1-18-8-9-20(21(16-18)35(30,31)33-15-5-14-32-25-22(23)24)34(28,29)27-12-10-26(11-13-27)17-19-6-3-2-4-7-19;/h2-4,6-9,16H,5,10-15,17H2,1H3,(H4,23,24,25);1H. The lowest BCUT2D eigenvalue weighted by Gasteiger charge is -2.34. The van der Waals surface area contributed by atoms with Gasteiger partial charge in [0, 0.05) is 39.1 Å². The molecule has 1 aliphatic heterocycles. The van der Waals surface area contributed by atoms with Gasteiger partial charge in [-0.2, -0.15) is 12.7 Å². The first-order valence-electron chi connectivity index (χ1n) is 11.1. The van der Waals surface area contributed by atoms with Crippen LogP contribution in [0.5, 0.6) is 0 Å². The van der Waals surface area contributed by atoms with Gasteiger partial charge in [-0.1, -0.05) is 36.4 Å². The third kappa shape index (κ3) is 8.05. The molecule has 0 saturated carbocycles. The SMILES string of the molecule is Cc1ccc(S(=O)(=O)N2CCN(Cc3ccccc3)CC2)c(S(=O)(=O)OCCCON=C(N)N)c1.Cl. The topological polar surface area (TPSA) is 158 Å². The van der Waals surface area contributed by atoms with E-state index in [4.69, 9.17) is 20.5 Å². The molecular formula is C22H32ClN5O6S2. The molecule has 0 aromatic heterocycles. The highest BCUT2D eigenvalue weighted by Gasteiger charge is 2.34. The lowest BCUT2D eigenvalue weighted by molar-refractivity contribution is 0.128. The fourth-order valence-corrected chi connectivity index (χ4v) is 6.81. The second-order valence-corrected chi connectivity index (χ2v) is 11.6. The van der Waals surface area contributed by atoms with Crippen LogP contribution in [-0.2, 0) is 35.7 Å². The molecule has 0 aliphatic carbocycles. The number of benzene rings is 2. The van der Waals surface area contributed by atoms with Crippen molar-refractivity contribution in [2.45, 2.75) is 29.7 Å². The minimum Gasteiger partial charge on any atom is -0.393 e. The Balaban J connectivity index is 0.00000456. The summed E-state index contributed by atoms with van der Waals surface area (Å²) < 4.78 is 59.1. The molecule has 4 N–H and O–H groups in total. The molecule has 1 aliphatic rings. The molecule has 3 rings (SSSR count). The number of rotatable bonds is 11. The number of hydrogen-bond donors (Lipinski definition) is 2. The molecule has 0 unspecified atom stereocenters. The lowest BCUT2D eigenvalue weighted by atomic mass is 10.2. The molecule has 2 aromatic rings. The molecule has 0 bridgehead atoms. The highest BCUT2D eigenvalue weighted by Crippen LogP contribution is 2.28. The number of nitrogens with zero attached hydrogens (tertiary/aromatic N) is 3. The lowest BCUT2D eigenvalue weighted by Crippen LogP contribution is -2.48. The largest absolute Gasteiger partial charge is 0.393 e. The minimum atomic E-state index is -4.35. The number of oxime groups is 1. The number of halogens is 1. The summed E-state index contributed by atoms with van der Waals surface area (Å²) in [4.78, 5) is 6.29. The summed E-state index contributed by atoms with van der Waals surface area (Å²) in [6, 6.07) is 14.1. The maximum atomic E-state index is 13.4. The molecule has 0 spiro atoms. The second kappa shape index (κ2) is 13.2. The average molecular weight is 562 g/mol. The second-order valence-electron chi connectivity index (χ2n) is 8.10. The smallest absolute Gasteiger partial charge is 0.298 e. The van der Waals surface area contributed by atoms with Gasteiger partial charge in [-0.05, 0) is 35.3 Å². The van der Waals surface area contributed by atoms with E-state index >= 15 is 0 Å². The molecule has 200 valence electrons. The summed E-state index contributed by atoms with van der Waals surface area (Å²) >= 11 is 0. The van der Waals surface area contributed by atoms with Crippen molar-refractivity contribution in [1.82, 2.24) is 9.21 Å². The maximum absolute atomic E-state index is 13.4. The molecule has 0 radical (unpaired) electrons. The van der Waals surface area contributed by atoms with Crippen LogP contribution in [0, 0.1) is 6.92 Å². The number of piperazine rings is 1. The van der Waals surface area contributed by atoms with Gasteiger partial charge in [0.15, 0.2) is 0 Å². The number of nitrogens with two attached hydrogens (primary N) is 2. The van der Waals surface area contributed by atoms with Crippen molar-refractivity contribution < 1.29 is 25.9 Å². The molecule has 1 heterocycles. The third-order valence-electron chi connectivity index (χ3n) is 5.36. The quantitative estimate of drug-likeness (QED) is 0.135. The average Bonchev–Trinajstić information content (AvgIpc) is 2.82. The van der Waals surface area contributed by atoms with Crippen molar-refractivity contribution >= 4 is 38.5 Å². The molecule has 2 aromatic carbocycles. The van der Waals surface area contributed by atoms with Crippen molar-refractivity contribution in [3.8, 4) is 0 Å². The number of hydrogen-bond acceptors (Lipinski definition) is 8. The van der Waals surface area contributed by atoms with Crippen molar-refractivity contribution in [3.05, 3.63) is 59.7 Å². The van der Waals surface area contributed by atoms with Gasteiger partial charge in [0.25, 0.3) is 10.1 Å². The predicted molar refractivity (Wildman–Crippen MR) is 138 cm³/mol. The van der Waals surface area contributed by atoms with Crippen molar-refractivity contribution in [2.75, 3.05) is 39.4 Å². The summed E-state index contributed by atoms with van der Waals surface area (Å²) in [5.41, 5.74) is 12.0. The Morgan fingerprint density at radius 3 is 2.25 bits per heavy atom. The molecule has 1 fully saturated rings. The van der Waals surface area contributed by atoms with Crippen molar-refractivity contribution in [2.24, 2.45) is 16.6 Å². The van der Waals surface area contributed by atoms with E-state index in [1.54, 1.807) is 13.0 Å². The van der Waals surface area contributed by atoms with E-state index in [1.807, 2.05) is 30.3 Å². The number of guanidine groups is 1. The van der Waals surface area contributed by atoms with Crippen LogP contribution in [0.2, 0.25) is 0 Å². The summed E-state index contributed by atoms with van der Waals surface area (Å²) in [6.45, 7) is 3.79. The van der Waals surface area contributed by atoms with Crippen LogP contribution >= 0.6 is 12.4 Å². The zero-order chi connectivity index (χ0) is 25.5. The highest BCUT2D eigenvalue weighted by atomic mass is 35.5. The molecule has 36 heavy (non-hydrogen) atoms. The van der Waals surface area contributed by atoms with E-state index in [9.17, 15) is 16.8 Å². The van der Waals surface area contributed by atoms with Crippen LogP contribution in [0.1, 0.15) is 17.5 Å². The van der Waals surface area contributed by atoms with Crippen LogP contribution in [0.4, 0.5) is 0 Å². The maximum Gasteiger partial charge on any atom is 0.298 e. The van der Waals surface area contributed by atoms with E-state index in [1.165, 1.54) is 16.4 Å². The van der Waals surface area contributed by atoms with Gasteiger partial charge in [-0.25, -0.2) is 8.42 Å². The Morgan fingerprint density at radius 1 is 0.944 bits per heavy atom. The summed E-state index contributed by atoms with van der Waals surface area (Å²) in [7, 11) is -8.41. The van der Waals surface area contributed by atoms with Crippen molar-refractivity contribution in [1.29, 1.82) is 0 Å². The summed E-state index contributed by atoms with van der Waals surface area (Å²) in [5, 5.41) is 3.33. The van der Waals surface area contributed by atoms with Gasteiger partial charge in [-0.15, -0.1) is 12.4 Å². The van der Waals surface area contributed by atoms with Gasteiger partial charge in [0.2, 0.25) is 16.0 Å². The summed E-state index contributed by atoms with van der Waals surface area (Å²) in [5.74, 6) is -0.256. The first kappa shape index (κ1) is 29.8. The third-order valence-corrected chi connectivity index (χ3v) is 8.79. The van der Waals surface area contributed by atoms with Crippen LogP contribution in [0.15, 0.2) is 63.5 Å². The Labute approximate surface area is 218 Å². The molecule has 0 atom stereocenters. The van der Waals surface area contributed by atoms with Crippen molar-refractivity contribution in [3.63, 3.8) is 0 Å². The Morgan fingerprint density at radius 2 is 1.61 bits per heavy atom. The van der Waals surface area contributed by atoms with E-state index < -0.39 is 20.1 Å². The van der Waals surface area contributed by atoms with E-state index in [2.05, 4.69) is 10.1 Å². The molecule has 14 heteroatoms. The fraction of sp³-hybridized carbons (Fsp3) is 0.409. The van der Waals surface area contributed by atoms with Crippen LogP contribution in [-0.4, -0.2) is 71.4 Å². The molecule has 1 saturated heterocycles. The normalized spacial score (nSPS) is 15.1. The number of aryl methyl sites for hydroxylation is 1. The Bertz CT molecular complexity index is 1230. The van der Waals surface area contributed by atoms with Gasteiger partial charge in [0.1, 0.15) is 16.4 Å². The van der Waals surface area contributed by atoms with E-state index in [0.29, 0.717) is 18.7 Å². The molecule has 0 amide bonds. The first-order valence-corrected chi connectivity index (χ1v) is 13.9. The van der Waals surface area contributed by atoms with Crippen LogP contribution < -0.4 is 11.5 Å². The number of sulfonamides is 1.